The van der Waals surface area contributed by atoms with Crippen LogP contribution in [0.2, 0.25) is 0 Å². The van der Waals surface area contributed by atoms with Crippen LogP contribution in [0.15, 0.2) is 60.9 Å². The number of carbonyl (C=O) groups is 1. The number of nitrogens with one attached hydrogen (secondary N) is 1. The van der Waals surface area contributed by atoms with Crippen LogP contribution in [0.25, 0.3) is 0 Å². The first-order valence-corrected chi connectivity index (χ1v) is 8.58. The smallest absolute Gasteiger partial charge is 0.321 e. The fraction of sp³-hybridized carbons (Fsp3) is 0.150. The first-order chi connectivity index (χ1) is 13.4. The number of fused-ring (bicyclic) bond motifs is 1. The predicted octanol–water partition coefficient (Wildman–Crippen LogP) is 4.44. The number of aromatic nitrogens is 2. The molecule has 1 aliphatic heterocycles. The van der Waals surface area contributed by atoms with Gasteiger partial charge in [-0.15, -0.1) is 0 Å². The number of amides is 1. The Morgan fingerprint density at radius 2 is 1.68 bits per heavy atom. The topological polar surface area (TPSA) is 58.1 Å². The number of rotatable bonds is 3. The Kier molecular flexibility index (Phi) is 4.46. The number of carbonyl (C=O) groups excluding carboxylic acids is 1. The van der Waals surface area contributed by atoms with E-state index in [9.17, 15) is 18.0 Å². The van der Waals surface area contributed by atoms with Gasteiger partial charge in [-0.05, 0) is 30.2 Å². The molecule has 142 valence electrons. The van der Waals surface area contributed by atoms with Crippen molar-refractivity contribution in [3.8, 4) is 0 Å². The van der Waals surface area contributed by atoms with Crippen molar-refractivity contribution in [3.63, 3.8) is 0 Å². The minimum absolute atomic E-state index is 0.0770. The summed E-state index contributed by atoms with van der Waals surface area (Å²) in [7, 11) is 0. The van der Waals surface area contributed by atoms with Crippen molar-refractivity contribution < 1.29 is 18.0 Å². The molecule has 0 saturated carbocycles. The van der Waals surface area contributed by atoms with Crippen molar-refractivity contribution in [2.24, 2.45) is 0 Å². The van der Waals surface area contributed by atoms with E-state index in [1.807, 2.05) is 29.2 Å². The molecule has 0 aliphatic carbocycles. The molecule has 1 amide bonds. The number of benzene rings is 2. The van der Waals surface area contributed by atoms with Crippen LogP contribution >= 0.6 is 0 Å². The van der Waals surface area contributed by atoms with E-state index in [4.69, 9.17) is 0 Å². The molecule has 28 heavy (non-hydrogen) atoms. The van der Waals surface area contributed by atoms with Crippen molar-refractivity contribution in [3.05, 3.63) is 77.6 Å². The third-order valence-electron chi connectivity index (χ3n) is 4.51. The molecule has 0 radical (unpaired) electrons. The fourth-order valence-corrected chi connectivity index (χ4v) is 3.16. The molecule has 0 atom stereocenters. The number of hydrogen-bond acceptors (Lipinski definition) is 4. The lowest BCUT2D eigenvalue weighted by Crippen LogP contribution is -2.19. The maximum atomic E-state index is 13.1. The standard InChI is InChI=1S/C20H15F3N4O/c21-20(22,23)15-6-2-3-7-16(15)26-18(28)14-11-24-19(25-12-14)27-10-9-13-5-1-4-8-17(13)27/h1-8,11-12H,9-10H2,(H,26,28). The Balaban J connectivity index is 1.53. The zero-order valence-corrected chi connectivity index (χ0v) is 14.6. The van der Waals surface area contributed by atoms with Gasteiger partial charge in [-0.25, -0.2) is 9.97 Å². The summed E-state index contributed by atoms with van der Waals surface area (Å²) in [6.45, 7) is 0.726. The maximum absolute atomic E-state index is 13.1. The molecule has 1 N–H and O–H groups in total. The zero-order valence-electron chi connectivity index (χ0n) is 14.6. The molecule has 0 saturated heterocycles. The van der Waals surface area contributed by atoms with Gasteiger partial charge in [-0.2, -0.15) is 13.2 Å². The number of para-hydroxylation sites is 2. The van der Waals surface area contributed by atoms with Gasteiger partial charge in [0.15, 0.2) is 0 Å². The van der Waals surface area contributed by atoms with Crippen molar-refractivity contribution in [1.82, 2.24) is 9.97 Å². The minimum atomic E-state index is -4.56. The van der Waals surface area contributed by atoms with Crippen molar-refractivity contribution in [1.29, 1.82) is 0 Å². The highest BCUT2D eigenvalue weighted by Crippen LogP contribution is 2.35. The Morgan fingerprint density at radius 3 is 2.43 bits per heavy atom. The first-order valence-electron chi connectivity index (χ1n) is 8.58. The second kappa shape index (κ2) is 6.95. The van der Waals surface area contributed by atoms with Crippen LogP contribution in [0.3, 0.4) is 0 Å². The molecule has 0 unspecified atom stereocenters. The molecule has 1 aromatic heterocycles. The molecule has 0 bridgehead atoms. The molecule has 2 heterocycles. The highest BCUT2D eigenvalue weighted by molar-refractivity contribution is 6.04. The average molecular weight is 384 g/mol. The number of alkyl halides is 3. The molecule has 4 rings (SSSR count). The Morgan fingerprint density at radius 1 is 1.00 bits per heavy atom. The predicted molar refractivity (Wildman–Crippen MR) is 98.6 cm³/mol. The summed E-state index contributed by atoms with van der Waals surface area (Å²) >= 11 is 0. The summed E-state index contributed by atoms with van der Waals surface area (Å²) in [5.41, 5.74) is 1.07. The largest absolute Gasteiger partial charge is 0.418 e. The molecule has 8 heteroatoms. The van der Waals surface area contributed by atoms with E-state index in [1.165, 1.54) is 36.2 Å². The summed E-state index contributed by atoms with van der Waals surface area (Å²) < 4.78 is 39.2. The molecule has 0 spiro atoms. The lowest BCUT2D eigenvalue weighted by atomic mass is 10.1. The van der Waals surface area contributed by atoms with Gasteiger partial charge < -0.3 is 10.2 Å². The Bertz CT molecular complexity index is 1020. The SMILES string of the molecule is O=C(Nc1ccccc1C(F)(F)F)c1cnc(N2CCc3ccccc32)nc1. The number of halogens is 3. The van der Waals surface area contributed by atoms with Gasteiger partial charge in [-0.3, -0.25) is 4.79 Å². The number of hydrogen-bond donors (Lipinski definition) is 1. The molecule has 0 fully saturated rings. The monoisotopic (exact) mass is 384 g/mol. The van der Waals surface area contributed by atoms with Gasteiger partial charge >= 0.3 is 6.18 Å². The minimum Gasteiger partial charge on any atom is -0.321 e. The lowest BCUT2D eigenvalue weighted by molar-refractivity contribution is -0.136. The normalized spacial score (nSPS) is 13.3. The molecule has 1 aliphatic rings. The van der Waals surface area contributed by atoms with Crippen LogP contribution in [0.5, 0.6) is 0 Å². The van der Waals surface area contributed by atoms with E-state index in [0.717, 1.165) is 24.7 Å². The molecule has 5 nitrogen and oxygen atoms in total. The van der Waals surface area contributed by atoms with E-state index in [-0.39, 0.29) is 11.3 Å². The molecular weight excluding hydrogens is 369 g/mol. The second-order valence-corrected chi connectivity index (χ2v) is 6.30. The van der Waals surface area contributed by atoms with E-state index >= 15 is 0 Å². The van der Waals surface area contributed by atoms with Crippen LogP contribution in [0, 0.1) is 0 Å². The van der Waals surface area contributed by atoms with Crippen molar-refractivity contribution in [2.75, 3.05) is 16.8 Å². The van der Waals surface area contributed by atoms with Gasteiger partial charge in [0.1, 0.15) is 0 Å². The number of nitrogens with zero attached hydrogens (tertiary/aromatic N) is 3. The fourth-order valence-electron chi connectivity index (χ4n) is 3.16. The van der Waals surface area contributed by atoms with E-state index < -0.39 is 17.6 Å². The average Bonchev–Trinajstić information content (AvgIpc) is 3.12. The van der Waals surface area contributed by atoms with Gasteiger partial charge in [0.25, 0.3) is 5.91 Å². The molecule has 3 aromatic rings. The quantitative estimate of drug-likeness (QED) is 0.725. The summed E-state index contributed by atoms with van der Waals surface area (Å²) in [6, 6.07) is 12.7. The second-order valence-electron chi connectivity index (χ2n) is 6.30. The molecule has 2 aromatic carbocycles. The van der Waals surface area contributed by atoms with Crippen molar-refractivity contribution in [2.45, 2.75) is 12.6 Å². The summed E-state index contributed by atoms with van der Waals surface area (Å²) in [6.07, 6.45) is -1.06. The van der Waals surface area contributed by atoms with Crippen LogP contribution in [-0.2, 0) is 12.6 Å². The number of anilines is 3. The van der Waals surface area contributed by atoms with Crippen molar-refractivity contribution >= 4 is 23.2 Å². The van der Waals surface area contributed by atoms with Crippen LogP contribution in [-0.4, -0.2) is 22.4 Å². The van der Waals surface area contributed by atoms with E-state index in [2.05, 4.69) is 15.3 Å². The summed E-state index contributed by atoms with van der Waals surface area (Å²) in [4.78, 5) is 22.7. The third-order valence-corrected chi connectivity index (χ3v) is 4.51. The van der Waals surface area contributed by atoms with Crippen LogP contribution in [0.4, 0.5) is 30.5 Å². The lowest BCUT2D eigenvalue weighted by Gasteiger charge is -2.17. The summed E-state index contributed by atoms with van der Waals surface area (Å²) in [5.74, 6) is -0.262. The highest BCUT2D eigenvalue weighted by Gasteiger charge is 2.33. The third kappa shape index (κ3) is 3.40. The van der Waals surface area contributed by atoms with Gasteiger partial charge in [-0.1, -0.05) is 30.3 Å². The van der Waals surface area contributed by atoms with Gasteiger partial charge in [0, 0.05) is 24.6 Å². The van der Waals surface area contributed by atoms with Gasteiger partial charge in [0.05, 0.1) is 16.8 Å². The maximum Gasteiger partial charge on any atom is 0.418 e. The van der Waals surface area contributed by atoms with E-state index in [1.54, 1.807) is 0 Å². The van der Waals surface area contributed by atoms with Crippen LogP contribution < -0.4 is 10.2 Å². The first kappa shape index (κ1) is 18.0. The summed E-state index contributed by atoms with van der Waals surface area (Å²) in [5, 5.41) is 2.29. The highest BCUT2D eigenvalue weighted by atomic mass is 19.4. The molecular formula is C20H15F3N4O. The Hall–Kier alpha value is -3.42. The Labute approximate surface area is 158 Å². The van der Waals surface area contributed by atoms with Crippen LogP contribution in [0.1, 0.15) is 21.5 Å². The zero-order chi connectivity index (χ0) is 19.7. The van der Waals surface area contributed by atoms with Gasteiger partial charge in [0.2, 0.25) is 5.95 Å². The van der Waals surface area contributed by atoms with E-state index in [0.29, 0.717) is 5.95 Å².